The summed E-state index contributed by atoms with van der Waals surface area (Å²) in [5, 5.41) is 10.8. The normalized spacial score (nSPS) is 34.0. The lowest BCUT2D eigenvalue weighted by Gasteiger charge is -2.40. The summed E-state index contributed by atoms with van der Waals surface area (Å²) in [6, 6.07) is 8.73. The summed E-state index contributed by atoms with van der Waals surface area (Å²) < 4.78 is 0. The molecule has 1 aromatic carbocycles. The molecule has 0 radical (unpaired) electrons. The van der Waals surface area contributed by atoms with Crippen LogP contribution in [0.3, 0.4) is 0 Å². The molecule has 0 saturated carbocycles. The lowest BCUT2D eigenvalue weighted by atomic mass is 9.78. The fraction of sp³-hybridized carbons (Fsp3) is 0.684. The summed E-state index contributed by atoms with van der Waals surface area (Å²) in [5.41, 5.74) is 2.87. The molecule has 2 heteroatoms. The van der Waals surface area contributed by atoms with E-state index in [1.165, 1.54) is 12.0 Å². The van der Waals surface area contributed by atoms with Crippen LogP contribution < -0.4 is 0 Å². The van der Waals surface area contributed by atoms with Gasteiger partial charge in [0.15, 0.2) is 0 Å². The number of aliphatic hydroxyl groups is 1. The van der Waals surface area contributed by atoms with Gasteiger partial charge in [-0.25, -0.2) is 0 Å². The molecule has 2 nitrogen and oxygen atoms in total. The van der Waals surface area contributed by atoms with Gasteiger partial charge in [0.05, 0.1) is 6.10 Å². The molecule has 1 fully saturated rings. The molecular weight excluding hydrogens is 258 g/mol. The van der Waals surface area contributed by atoms with Gasteiger partial charge in [-0.15, -0.1) is 0 Å². The molecule has 4 atom stereocenters. The molecule has 1 saturated heterocycles. The van der Waals surface area contributed by atoms with Gasteiger partial charge >= 0.3 is 0 Å². The van der Waals surface area contributed by atoms with E-state index in [0.717, 1.165) is 31.0 Å². The zero-order chi connectivity index (χ0) is 15.2. The van der Waals surface area contributed by atoms with E-state index in [1.54, 1.807) is 0 Å². The van der Waals surface area contributed by atoms with Crippen molar-refractivity contribution in [2.75, 3.05) is 13.1 Å². The summed E-state index contributed by atoms with van der Waals surface area (Å²) in [6.45, 7) is 11.6. The van der Waals surface area contributed by atoms with Crippen molar-refractivity contribution in [3.05, 3.63) is 35.4 Å². The second-order valence-electron chi connectivity index (χ2n) is 8.12. The van der Waals surface area contributed by atoms with Crippen LogP contribution in [0.2, 0.25) is 0 Å². The van der Waals surface area contributed by atoms with E-state index in [4.69, 9.17) is 0 Å². The van der Waals surface area contributed by atoms with E-state index in [9.17, 15) is 5.11 Å². The first-order valence-corrected chi connectivity index (χ1v) is 8.39. The smallest absolute Gasteiger partial charge is 0.0948 e. The first kappa shape index (κ1) is 15.1. The van der Waals surface area contributed by atoms with Gasteiger partial charge in [-0.1, -0.05) is 52.0 Å². The molecular formula is C19H29NO. The van der Waals surface area contributed by atoms with E-state index < -0.39 is 0 Å². The van der Waals surface area contributed by atoms with Crippen molar-refractivity contribution in [2.24, 2.45) is 11.3 Å². The second kappa shape index (κ2) is 5.40. The van der Waals surface area contributed by atoms with Crippen LogP contribution >= 0.6 is 0 Å². The Morgan fingerprint density at radius 2 is 1.81 bits per heavy atom. The van der Waals surface area contributed by atoms with Crippen LogP contribution in [0.5, 0.6) is 0 Å². The zero-order valence-corrected chi connectivity index (χ0v) is 13.8. The number of fused-ring (bicyclic) bond motifs is 1. The Balaban J connectivity index is 1.79. The van der Waals surface area contributed by atoms with Crippen LogP contribution in [-0.2, 0) is 0 Å². The number of benzene rings is 1. The Hall–Kier alpha value is -0.860. The summed E-state index contributed by atoms with van der Waals surface area (Å²) in [4.78, 5) is 2.55. The molecule has 1 aliphatic heterocycles. The fourth-order valence-corrected chi connectivity index (χ4v) is 4.20. The quantitative estimate of drug-likeness (QED) is 0.845. The van der Waals surface area contributed by atoms with Gasteiger partial charge in [0, 0.05) is 12.6 Å². The highest BCUT2D eigenvalue weighted by Crippen LogP contribution is 2.42. The number of rotatable bonds is 1. The standard InChI is InChI=1S/C19H29NO/c1-13-11-17(18(21)16-8-6-5-7-15(13)16)20-10-9-14(12-20)19(2,3)4/h5-8,13-14,17-18,21H,9-12H2,1-4H3. The average Bonchev–Trinajstić information content (AvgIpc) is 2.92. The molecule has 116 valence electrons. The van der Waals surface area contributed by atoms with Crippen LogP contribution in [0.25, 0.3) is 0 Å². The van der Waals surface area contributed by atoms with E-state index in [-0.39, 0.29) is 6.10 Å². The first-order valence-electron chi connectivity index (χ1n) is 8.39. The predicted molar refractivity (Wildman–Crippen MR) is 87.4 cm³/mol. The van der Waals surface area contributed by atoms with Gasteiger partial charge in [0.25, 0.3) is 0 Å². The number of hydrogen-bond acceptors (Lipinski definition) is 2. The van der Waals surface area contributed by atoms with E-state index in [1.807, 2.05) is 0 Å². The highest BCUT2D eigenvalue weighted by Gasteiger charge is 2.40. The van der Waals surface area contributed by atoms with Crippen molar-refractivity contribution in [3.63, 3.8) is 0 Å². The van der Waals surface area contributed by atoms with E-state index in [0.29, 0.717) is 17.4 Å². The molecule has 0 bridgehead atoms. The van der Waals surface area contributed by atoms with Gasteiger partial charge in [-0.3, -0.25) is 4.90 Å². The van der Waals surface area contributed by atoms with Crippen molar-refractivity contribution < 1.29 is 5.11 Å². The zero-order valence-electron chi connectivity index (χ0n) is 13.8. The fourth-order valence-electron chi connectivity index (χ4n) is 4.20. The van der Waals surface area contributed by atoms with Gasteiger partial charge in [0.2, 0.25) is 0 Å². The third-order valence-electron chi connectivity index (χ3n) is 5.72. The number of likely N-dealkylation sites (tertiary alicyclic amines) is 1. The highest BCUT2D eigenvalue weighted by molar-refractivity contribution is 5.35. The Labute approximate surface area is 129 Å². The Bertz CT molecular complexity index is 505. The minimum atomic E-state index is -0.323. The van der Waals surface area contributed by atoms with E-state index in [2.05, 4.69) is 56.9 Å². The molecule has 0 spiro atoms. The third kappa shape index (κ3) is 2.76. The third-order valence-corrected chi connectivity index (χ3v) is 5.72. The molecule has 0 aromatic heterocycles. The van der Waals surface area contributed by atoms with Crippen molar-refractivity contribution in [2.45, 2.75) is 58.6 Å². The summed E-state index contributed by atoms with van der Waals surface area (Å²) >= 11 is 0. The second-order valence-corrected chi connectivity index (χ2v) is 8.12. The van der Waals surface area contributed by atoms with Crippen LogP contribution in [0.4, 0.5) is 0 Å². The SMILES string of the molecule is CC1CC(N2CCC(C(C)(C)C)C2)C(O)c2ccccc21. The highest BCUT2D eigenvalue weighted by atomic mass is 16.3. The lowest BCUT2D eigenvalue weighted by molar-refractivity contribution is 0.0385. The van der Waals surface area contributed by atoms with Gasteiger partial charge in [-0.2, -0.15) is 0 Å². The van der Waals surface area contributed by atoms with Gasteiger partial charge in [-0.05, 0) is 47.8 Å². The summed E-state index contributed by atoms with van der Waals surface area (Å²) in [5.74, 6) is 1.29. The van der Waals surface area contributed by atoms with Crippen molar-refractivity contribution in [1.29, 1.82) is 0 Å². The molecule has 21 heavy (non-hydrogen) atoms. The number of aliphatic hydroxyl groups excluding tert-OH is 1. The van der Waals surface area contributed by atoms with Crippen molar-refractivity contribution in [1.82, 2.24) is 4.90 Å². The molecule has 1 N–H and O–H groups in total. The lowest BCUT2D eigenvalue weighted by Crippen LogP contribution is -2.42. The maximum atomic E-state index is 10.8. The molecule has 3 rings (SSSR count). The van der Waals surface area contributed by atoms with Gasteiger partial charge < -0.3 is 5.11 Å². The summed E-state index contributed by atoms with van der Waals surface area (Å²) in [7, 11) is 0. The average molecular weight is 287 g/mol. The van der Waals surface area contributed by atoms with Crippen LogP contribution in [-0.4, -0.2) is 29.1 Å². The van der Waals surface area contributed by atoms with Crippen molar-refractivity contribution in [3.8, 4) is 0 Å². The molecule has 0 amide bonds. The number of hydrogen-bond donors (Lipinski definition) is 1. The topological polar surface area (TPSA) is 23.5 Å². The van der Waals surface area contributed by atoms with Crippen LogP contribution in [0.1, 0.15) is 63.7 Å². The minimum Gasteiger partial charge on any atom is -0.387 e. The largest absolute Gasteiger partial charge is 0.387 e. The van der Waals surface area contributed by atoms with Crippen molar-refractivity contribution >= 4 is 0 Å². The Kier molecular flexibility index (Phi) is 3.87. The monoisotopic (exact) mass is 287 g/mol. The molecule has 4 unspecified atom stereocenters. The van der Waals surface area contributed by atoms with Crippen LogP contribution in [0, 0.1) is 11.3 Å². The number of nitrogens with zero attached hydrogens (tertiary/aromatic N) is 1. The molecule has 1 aliphatic carbocycles. The Morgan fingerprint density at radius 3 is 2.43 bits per heavy atom. The molecule has 1 aromatic rings. The van der Waals surface area contributed by atoms with E-state index >= 15 is 0 Å². The first-order chi connectivity index (χ1) is 9.88. The summed E-state index contributed by atoms with van der Waals surface area (Å²) in [6.07, 6.45) is 2.02. The maximum Gasteiger partial charge on any atom is 0.0948 e. The molecule has 1 heterocycles. The minimum absolute atomic E-state index is 0.294. The Morgan fingerprint density at radius 1 is 1.14 bits per heavy atom. The molecule has 2 aliphatic rings. The maximum absolute atomic E-state index is 10.8. The predicted octanol–water partition coefficient (Wildman–Crippen LogP) is 3.96. The van der Waals surface area contributed by atoms with Gasteiger partial charge in [0.1, 0.15) is 0 Å². The van der Waals surface area contributed by atoms with Crippen LogP contribution in [0.15, 0.2) is 24.3 Å².